The minimum atomic E-state index is -0.995. The Hall–Kier alpha value is -2.71. The number of aromatic nitrogens is 4. The van der Waals surface area contributed by atoms with E-state index in [2.05, 4.69) is 23.7 Å². The molecule has 0 radical (unpaired) electrons. The summed E-state index contributed by atoms with van der Waals surface area (Å²) in [6, 6.07) is 9.19. The lowest BCUT2D eigenvalue weighted by Crippen LogP contribution is -2.38. The Morgan fingerprint density at radius 2 is 1.71 bits per heavy atom. The molecular weight excluding hydrogens is 358 g/mol. The van der Waals surface area contributed by atoms with Crippen molar-refractivity contribution in [3.8, 4) is 0 Å². The average Bonchev–Trinajstić information content (AvgIpc) is 3.11. The van der Waals surface area contributed by atoms with Crippen molar-refractivity contribution < 1.29 is 5.11 Å². The highest BCUT2D eigenvalue weighted by molar-refractivity contribution is 5.71. The number of imidazole rings is 1. The molecular formula is C20H27N5O3. The van der Waals surface area contributed by atoms with Gasteiger partial charge < -0.3 is 14.6 Å². The monoisotopic (exact) mass is 385 g/mol. The Kier molecular flexibility index (Phi) is 5.81. The number of benzene rings is 1. The molecule has 1 unspecified atom stereocenters. The Balaban J connectivity index is 2.23. The molecule has 0 aliphatic heterocycles. The summed E-state index contributed by atoms with van der Waals surface area (Å²) in [5.74, 6) is 0.367. The van der Waals surface area contributed by atoms with Crippen LogP contribution in [-0.4, -0.2) is 48.3 Å². The first kappa shape index (κ1) is 20.0. The van der Waals surface area contributed by atoms with E-state index in [0.717, 1.165) is 17.7 Å². The quantitative estimate of drug-likeness (QED) is 0.652. The molecule has 0 fully saturated rings. The van der Waals surface area contributed by atoms with Gasteiger partial charge in [-0.15, -0.1) is 0 Å². The van der Waals surface area contributed by atoms with E-state index in [9.17, 15) is 14.7 Å². The van der Waals surface area contributed by atoms with E-state index in [4.69, 9.17) is 0 Å². The van der Waals surface area contributed by atoms with Crippen LogP contribution in [0.3, 0.4) is 0 Å². The Bertz CT molecular complexity index is 1080. The van der Waals surface area contributed by atoms with Crippen LogP contribution in [0.1, 0.15) is 31.3 Å². The van der Waals surface area contributed by atoms with Crippen LogP contribution in [-0.2, 0) is 20.6 Å². The van der Waals surface area contributed by atoms with Crippen molar-refractivity contribution in [1.82, 2.24) is 23.6 Å². The van der Waals surface area contributed by atoms with Gasteiger partial charge in [-0.05, 0) is 18.7 Å². The van der Waals surface area contributed by atoms with Crippen molar-refractivity contribution in [2.75, 3.05) is 19.6 Å². The molecule has 0 saturated heterocycles. The maximum Gasteiger partial charge on any atom is 0.332 e. The molecule has 1 N–H and O–H groups in total. The molecule has 2 heterocycles. The largest absolute Gasteiger partial charge is 0.380 e. The smallest absolute Gasteiger partial charge is 0.332 e. The minimum absolute atomic E-state index is 0.289. The van der Waals surface area contributed by atoms with Gasteiger partial charge in [0.05, 0.1) is 0 Å². The van der Waals surface area contributed by atoms with Crippen LogP contribution in [0.25, 0.3) is 11.2 Å². The van der Waals surface area contributed by atoms with Crippen molar-refractivity contribution in [3.63, 3.8) is 0 Å². The molecule has 0 spiro atoms. The van der Waals surface area contributed by atoms with Crippen molar-refractivity contribution >= 4 is 11.2 Å². The highest BCUT2D eigenvalue weighted by Gasteiger charge is 2.24. The third-order valence-electron chi connectivity index (χ3n) is 5.27. The number of aliphatic hydroxyl groups is 1. The molecule has 8 nitrogen and oxygen atoms in total. The summed E-state index contributed by atoms with van der Waals surface area (Å²) in [6.45, 7) is 7.13. The molecule has 1 atom stereocenters. The summed E-state index contributed by atoms with van der Waals surface area (Å²) in [5.41, 5.74) is 0.464. The summed E-state index contributed by atoms with van der Waals surface area (Å²) < 4.78 is 4.19. The Morgan fingerprint density at radius 3 is 2.32 bits per heavy atom. The molecule has 0 aliphatic carbocycles. The summed E-state index contributed by atoms with van der Waals surface area (Å²) >= 11 is 0. The number of rotatable bonds is 7. The predicted octanol–water partition coefficient (Wildman–Crippen LogP) is 0.857. The lowest BCUT2D eigenvalue weighted by molar-refractivity contribution is 0.202. The Labute approximate surface area is 163 Å². The molecule has 28 heavy (non-hydrogen) atoms. The average molecular weight is 385 g/mol. The van der Waals surface area contributed by atoms with E-state index in [1.165, 1.54) is 11.6 Å². The lowest BCUT2D eigenvalue weighted by atomic mass is 10.1. The Morgan fingerprint density at radius 1 is 1.07 bits per heavy atom. The molecule has 0 aliphatic rings. The van der Waals surface area contributed by atoms with Gasteiger partial charge in [0.15, 0.2) is 11.2 Å². The van der Waals surface area contributed by atoms with E-state index in [1.54, 1.807) is 11.6 Å². The van der Waals surface area contributed by atoms with E-state index >= 15 is 0 Å². The molecule has 2 aromatic heterocycles. The molecule has 3 aromatic rings. The van der Waals surface area contributed by atoms with Crippen LogP contribution in [0, 0.1) is 0 Å². The highest BCUT2D eigenvalue weighted by atomic mass is 16.3. The fourth-order valence-corrected chi connectivity index (χ4v) is 3.46. The topological polar surface area (TPSA) is 85.3 Å². The first-order valence-corrected chi connectivity index (χ1v) is 9.52. The molecule has 0 saturated carbocycles. The standard InChI is InChI=1S/C20H27N5O3/c1-5-24(6-2)12-13-25-15-17(22(3)20(28)23(4)19(15)27)21-18(25)16(26)14-10-8-7-9-11-14/h7-11,16,26H,5-6,12-13H2,1-4H3. The maximum atomic E-state index is 12.9. The van der Waals surface area contributed by atoms with Gasteiger partial charge >= 0.3 is 5.69 Å². The number of aliphatic hydroxyl groups excluding tert-OH is 1. The van der Waals surface area contributed by atoms with Gasteiger partial charge in [-0.2, -0.15) is 0 Å². The van der Waals surface area contributed by atoms with Crippen LogP contribution in [0.2, 0.25) is 0 Å². The summed E-state index contributed by atoms with van der Waals surface area (Å²) in [7, 11) is 3.05. The van der Waals surface area contributed by atoms with Gasteiger partial charge in [-0.25, -0.2) is 9.78 Å². The molecule has 0 bridgehead atoms. The molecule has 150 valence electrons. The maximum absolute atomic E-state index is 12.9. The zero-order valence-electron chi connectivity index (χ0n) is 16.8. The second-order valence-corrected chi connectivity index (χ2v) is 6.84. The van der Waals surface area contributed by atoms with Crippen LogP contribution < -0.4 is 11.2 Å². The van der Waals surface area contributed by atoms with Crippen LogP contribution in [0.15, 0.2) is 39.9 Å². The third kappa shape index (κ3) is 3.41. The number of nitrogens with zero attached hydrogens (tertiary/aromatic N) is 5. The van der Waals surface area contributed by atoms with Gasteiger partial charge in [0.1, 0.15) is 11.9 Å². The molecule has 1 aromatic carbocycles. The second kappa shape index (κ2) is 8.12. The van der Waals surface area contributed by atoms with Crippen LogP contribution in [0.5, 0.6) is 0 Å². The second-order valence-electron chi connectivity index (χ2n) is 6.84. The zero-order valence-corrected chi connectivity index (χ0v) is 16.8. The van der Waals surface area contributed by atoms with Crippen molar-refractivity contribution in [1.29, 1.82) is 0 Å². The van der Waals surface area contributed by atoms with Gasteiger partial charge in [0.25, 0.3) is 5.56 Å². The van der Waals surface area contributed by atoms with Crippen LogP contribution >= 0.6 is 0 Å². The lowest BCUT2D eigenvalue weighted by Gasteiger charge is -2.20. The molecule has 8 heteroatoms. The number of aryl methyl sites for hydroxylation is 1. The van der Waals surface area contributed by atoms with Crippen LogP contribution in [0.4, 0.5) is 0 Å². The summed E-state index contributed by atoms with van der Waals surface area (Å²) in [5, 5.41) is 11.0. The fourth-order valence-electron chi connectivity index (χ4n) is 3.46. The third-order valence-corrected chi connectivity index (χ3v) is 5.27. The van der Waals surface area contributed by atoms with E-state index in [1.807, 2.05) is 30.3 Å². The normalized spacial score (nSPS) is 12.8. The van der Waals surface area contributed by atoms with Gasteiger partial charge in [0.2, 0.25) is 0 Å². The number of fused-ring (bicyclic) bond motifs is 1. The zero-order chi connectivity index (χ0) is 20.4. The van der Waals surface area contributed by atoms with E-state index in [-0.39, 0.29) is 5.65 Å². The van der Waals surface area contributed by atoms with Crippen molar-refractivity contribution in [2.45, 2.75) is 26.5 Å². The van der Waals surface area contributed by atoms with Gasteiger partial charge in [-0.3, -0.25) is 13.9 Å². The van der Waals surface area contributed by atoms with Gasteiger partial charge in [0, 0.05) is 27.2 Å². The molecule has 3 rings (SSSR count). The first-order chi connectivity index (χ1) is 13.4. The summed E-state index contributed by atoms with van der Waals surface area (Å²) in [4.78, 5) is 32.0. The van der Waals surface area contributed by atoms with Gasteiger partial charge in [-0.1, -0.05) is 44.2 Å². The van der Waals surface area contributed by atoms with E-state index < -0.39 is 17.4 Å². The summed E-state index contributed by atoms with van der Waals surface area (Å²) in [6.07, 6.45) is -0.995. The first-order valence-electron chi connectivity index (χ1n) is 9.52. The number of hydrogen-bond acceptors (Lipinski definition) is 5. The van der Waals surface area contributed by atoms with E-state index in [0.29, 0.717) is 30.0 Å². The highest BCUT2D eigenvalue weighted by Crippen LogP contribution is 2.24. The number of likely N-dealkylation sites (N-methyl/N-ethyl adjacent to an activating group) is 1. The SMILES string of the molecule is CCN(CC)CCn1c(C(O)c2ccccc2)nc2c1c(=O)n(C)c(=O)n2C. The molecule has 0 amide bonds. The minimum Gasteiger partial charge on any atom is -0.380 e. The van der Waals surface area contributed by atoms with Crippen molar-refractivity contribution in [3.05, 3.63) is 62.6 Å². The fraction of sp³-hybridized carbons (Fsp3) is 0.450. The van der Waals surface area contributed by atoms with Crippen molar-refractivity contribution in [2.24, 2.45) is 14.1 Å². The number of hydrogen-bond donors (Lipinski definition) is 1. The predicted molar refractivity (Wildman–Crippen MR) is 109 cm³/mol.